The third kappa shape index (κ3) is 37.4. The second-order valence-electron chi connectivity index (χ2n) is 9.66. The zero-order valence-electron chi connectivity index (χ0n) is 21.9. The van der Waals surface area contributed by atoms with Crippen LogP contribution in [-0.2, 0) is 9.09 Å². The van der Waals surface area contributed by atoms with Gasteiger partial charge in [0.15, 0.2) is 0 Å². The minimum atomic E-state index is -4.23. The Morgan fingerprint density at radius 3 is 1.38 bits per heavy atom. The highest BCUT2D eigenvalue weighted by molar-refractivity contribution is 7.46. The molecule has 0 aromatic rings. The lowest BCUT2D eigenvalue weighted by molar-refractivity contribution is 0.193. The van der Waals surface area contributed by atoms with Gasteiger partial charge in [-0.1, -0.05) is 136 Å². The van der Waals surface area contributed by atoms with Crippen LogP contribution in [0.2, 0.25) is 0 Å². The van der Waals surface area contributed by atoms with Crippen LogP contribution in [-0.4, -0.2) is 22.9 Å². The summed E-state index contributed by atoms with van der Waals surface area (Å²) in [6, 6.07) is 0. The summed E-state index contributed by atoms with van der Waals surface area (Å²) in [5, 5.41) is 0. The zero-order chi connectivity index (χ0) is 24.3. The van der Waals surface area contributed by atoms with Gasteiger partial charge in [-0.2, -0.15) is 0 Å². The first-order valence-corrected chi connectivity index (χ1v) is 15.3. The molecule has 0 aromatic carbocycles. The topological polar surface area (TPSA) is 92.8 Å². The Balaban J connectivity index is 0. The Labute approximate surface area is 200 Å². The van der Waals surface area contributed by atoms with Crippen molar-refractivity contribution in [2.24, 2.45) is 11.7 Å². The first-order chi connectivity index (χ1) is 15.3. The van der Waals surface area contributed by atoms with Gasteiger partial charge in [-0.25, -0.2) is 4.57 Å². The van der Waals surface area contributed by atoms with E-state index in [0.29, 0.717) is 5.92 Å². The summed E-state index contributed by atoms with van der Waals surface area (Å²) in [5.41, 5.74) is 5.48. The molecule has 0 aliphatic rings. The van der Waals surface area contributed by atoms with Gasteiger partial charge in [-0.05, 0) is 25.3 Å². The van der Waals surface area contributed by atoms with Crippen LogP contribution >= 0.6 is 7.82 Å². The highest BCUT2D eigenvalue weighted by Gasteiger charge is 2.12. The number of hydrogen-bond acceptors (Lipinski definition) is 3. The standard InChI is InChI=1S/C18H39N.C8H19O4P/c1-2-3-4-5-6-7-8-9-10-11-12-13-14-15-16-17-18-19;1-8(2)6-4-3-5-7-12-13(9,10)11/h2-19H2,1H3;8H,3-7H2,1-2H3,(H2,9,10,11). The molecule has 0 bridgehead atoms. The molecule has 0 unspecified atom stereocenters. The van der Waals surface area contributed by atoms with Crippen LogP contribution < -0.4 is 5.73 Å². The lowest BCUT2D eigenvalue weighted by Gasteiger charge is -2.05. The third-order valence-corrected chi connectivity index (χ3v) is 6.26. The quantitative estimate of drug-likeness (QED) is 0.101. The van der Waals surface area contributed by atoms with E-state index in [0.717, 1.165) is 32.2 Å². The summed E-state index contributed by atoms with van der Waals surface area (Å²) in [6.45, 7) is 7.64. The second-order valence-corrected chi connectivity index (χ2v) is 10.9. The van der Waals surface area contributed by atoms with E-state index < -0.39 is 7.82 Å². The van der Waals surface area contributed by atoms with Crippen molar-refractivity contribution in [2.45, 2.75) is 149 Å². The molecule has 0 saturated carbocycles. The van der Waals surface area contributed by atoms with Gasteiger partial charge in [0.25, 0.3) is 0 Å². The molecule has 0 aromatic heterocycles. The highest BCUT2D eigenvalue weighted by atomic mass is 31.2. The number of unbranched alkanes of at least 4 members (excludes halogenated alkanes) is 17. The maximum absolute atomic E-state index is 10.2. The molecule has 0 aliphatic heterocycles. The summed E-state index contributed by atoms with van der Waals surface area (Å²) in [6.07, 6.45) is 26.8. The van der Waals surface area contributed by atoms with E-state index in [2.05, 4.69) is 25.3 Å². The van der Waals surface area contributed by atoms with Crippen LogP contribution in [0.25, 0.3) is 0 Å². The third-order valence-electron chi connectivity index (χ3n) is 5.74. The summed E-state index contributed by atoms with van der Waals surface area (Å²) in [7, 11) is -4.23. The second kappa shape index (κ2) is 27.3. The molecule has 0 amide bonds. The number of phosphoric ester groups is 1. The van der Waals surface area contributed by atoms with Gasteiger partial charge in [0, 0.05) is 0 Å². The molecule has 0 heterocycles. The van der Waals surface area contributed by atoms with E-state index >= 15 is 0 Å². The summed E-state index contributed by atoms with van der Waals surface area (Å²) >= 11 is 0. The van der Waals surface area contributed by atoms with Gasteiger partial charge < -0.3 is 15.5 Å². The molecule has 0 radical (unpaired) electrons. The van der Waals surface area contributed by atoms with Crippen LogP contribution in [0.3, 0.4) is 0 Å². The van der Waals surface area contributed by atoms with Crippen molar-refractivity contribution < 1.29 is 18.9 Å². The SMILES string of the molecule is CC(C)CCCCCOP(=O)(O)O.CCCCCCCCCCCCCCCCCCN. The molecule has 0 atom stereocenters. The smallest absolute Gasteiger partial charge is 0.330 e. The van der Waals surface area contributed by atoms with Gasteiger partial charge in [-0.15, -0.1) is 0 Å². The Morgan fingerprint density at radius 2 is 1.03 bits per heavy atom. The average molecular weight is 480 g/mol. The predicted octanol–water partition coefficient (Wildman–Crippen LogP) is 8.52. The number of hydrogen-bond donors (Lipinski definition) is 3. The van der Waals surface area contributed by atoms with Crippen LogP contribution in [0.5, 0.6) is 0 Å². The van der Waals surface area contributed by atoms with Gasteiger partial charge in [0.1, 0.15) is 0 Å². The zero-order valence-corrected chi connectivity index (χ0v) is 22.8. The number of rotatable bonds is 23. The summed E-state index contributed by atoms with van der Waals surface area (Å²) in [5.74, 6) is 0.697. The minimum absolute atomic E-state index is 0.155. The molecule has 6 heteroatoms. The van der Waals surface area contributed by atoms with Gasteiger partial charge >= 0.3 is 7.82 Å². The monoisotopic (exact) mass is 479 g/mol. The molecular formula is C26H58NO4P. The van der Waals surface area contributed by atoms with Crippen molar-refractivity contribution in [1.82, 2.24) is 0 Å². The molecule has 0 rings (SSSR count). The van der Waals surface area contributed by atoms with Gasteiger partial charge in [0.2, 0.25) is 0 Å². The van der Waals surface area contributed by atoms with E-state index in [1.807, 2.05) is 0 Å². The Kier molecular flexibility index (Phi) is 29.2. The Hall–Kier alpha value is 0.0700. The fourth-order valence-corrected chi connectivity index (χ4v) is 4.07. The van der Waals surface area contributed by atoms with Crippen molar-refractivity contribution in [3.05, 3.63) is 0 Å². The molecule has 0 saturated heterocycles. The van der Waals surface area contributed by atoms with Crippen molar-refractivity contribution in [3.8, 4) is 0 Å². The molecule has 0 spiro atoms. The molecule has 4 N–H and O–H groups in total. The first-order valence-electron chi connectivity index (χ1n) is 13.7. The predicted molar refractivity (Wildman–Crippen MR) is 140 cm³/mol. The fraction of sp³-hybridized carbons (Fsp3) is 1.00. The maximum Gasteiger partial charge on any atom is 0.469 e. The molecular weight excluding hydrogens is 421 g/mol. The van der Waals surface area contributed by atoms with Gasteiger partial charge in [0.05, 0.1) is 6.61 Å². The lowest BCUT2D eigenvalue weighted by atomic mass is 10.0. The van der Waals surface area contributed by atoms with E-state index in [-0.39, 0.29) is 6.61 Å². The van der Waals surface area contributed by atoms with Crippen LogP contribution in [0, 0.1) is 5.92 Å². The van der Waals surface area contributed by atoms with Crippen LogP contribution in [0.4, 0.5) is 0 Å². The van der Waals surface area contributed by atoms with E-state index in [1.165, 1.54) is 103 Å². The molecule has 32 heavy (non-hydrogen) atoms. The Morgan fingerprint density at radius 1 is 0.656 bits per heavy atom. The highest BCUT2D eigenvalue weighted by Crippen LogP contribution is 2.35. The van der Waals surface area contributed by atoms with Crippen LogP contribution in [0.1, 0.15) is 149 Å². The van der Waals surface area contributed by atoms with E-state index in [4.69, 9.17) is 15.5 Å². The normalized spacial score (nSPS) is 11.6. The summed E-state index contributed by atoms with van der Waals surface area (Å²) < 4.78 is 14.5. The first kappa shape index (κ1) is 34.2. The van der Waals surface area contributed by atoms with Crippen LogP contribution in [0.15, 0.2) is 0 Å². The van der Waals surface area contributed by atoms with Crippen molar-refractivity contribution in [3.63, 3.8) is 0 Å². The van der Waals surface area contributed by atoms with E-state index in [9.17, 15) is 4.57 Å². The minimum Gasteiger partial charge on any atom is -0.330 e. The lowest BCUT2D eigenvalue weighted by Crippen LogP contribution is -1.97. The van der Waals surface area contributed by atoms with Gasteiger partial charge in [-0.3, -0.25) is 4.52 Å². The Bertz CT molecular complexity index is 372. The van der Waals surface area contributed by atoms with Crippen molar-refractivity contribution in [1.29, 1.82) is 0 Å². The van der Waals surface area contributed by atoms with Crippen molar-refractivity contribution >= 4 is 7.82 Å². The molecule has 5 nitrogen and oxygen atoms in total. The largest absolute Gasteiger partial charge is 0.469 e. The van der Waals surface area contributed by atoms with Crippen molar-refractivity contribution in [2.75, 3.05) is 13.2 Å². The van der Waals surface area contributed by atoms with E-state index in [1.54, 1.807) is 0 Å². The molecule has 0 aliphatic carbocycles. The average Bonchev–Trinajstić information content (AvgIpc) is 2.73. The maximum atomic E-state index is 10.2. The molecule has 196 valence electrons. The summed E-state index contributed by atoms with van der Waals surface area (Å²) in [4.78, 5) is 16.7. The fourth-order valence-electron chi connectivity index (χ4n) is 3.71. The molecule has 0 fully saturated rings. The number of nitrogens with two attached hydrogens (primary N) is 1. The number of phosphoric acid groups is 1.